The number of hydrogen-bond acceptors (Lipinski definition) is 7. The Hall–Kier alpha value is -4.64. The maximum Gasteiger partial charge on any atom is 0.264 e. The van der Waals surface area contributed by atoms with E-state index in [9.17, 15) is 19.8 Å². The van der Waals surface area contributed by atoms with E-state index in [1.54, 1.807) is 9.58 Å². The van der Waals surface area contributed by atoms with E-state index < -0.39 is 11.5 Å². The van der Waals surface area contributed by atoms with Crippen LogP contribution in [0.1, 0.15) is 54.5 Å². The Balaban J connectivity index is 1.11. The molecule has 3 aromatic carbocycles. The first-order valence-electron chi connectivity index (χ1n) is 15.9. The Morgan fingerprint density at radius 3 is 2.72 bits per heavy atom. The molecule has 10 nitrogen and oxygen atoms in total. The first kappa shape index (κ1) is 31.3. The van der Waals surface area contributed by atoms with Crippen LogP contribution in [0.2, 0.25) is 0 Å². The zero-order valence-electron chi connectivity index (χ0n) is 25.9. The molecule has 238 valence electrons. The van der Waals surface area contributed by atoms with Crippen LogP contribution < -0.4 is 15.5 Å². The van der Waals surface area contributed by atoms with Crippen molar-refractivity contribution in [2.45, 2.75) is 56.8 Å². The third-order valence-electron chi connectivity index (χ3n) is 9.00. The number of carbonyl (C=O) groups is 2. The number of rotatable bonds is 12. The summed E-state index contributed by atoms with van der Waals surface area (Å²) < 4.78 is 1.74. The van der Waals surface area contributed by atoms with Crippen molar-refractivity contribution in [3.8, 4) is 0 Å². The lowest BCUT2D eigenvalue weighted by atomic mass is 9.83. The molecule has 10 heteroatoms. The zero-order chi connectivity index (χ0) is 32.1. The standard InChI is InChI=1S/C36H40N6O4/c1-25(11-7-8-20-41-23-32(39-40-41)29(24-43)27-13-3-2-4-14-27)36(46)30-16-5-6-18-33(30)42(35(36)45)22-26-12-9-15-28(21-26)38-34(44)31-17-10-19-37-31/h2-7,9,11-16,18,21,23,25,29,31,37,43,46H,8,10,17,19-20,22,24H2,1H3,(H,38,44)/b11-7+/t25-,29?,31-,36+/m1/s1. The van der Waals surface area contributed by atoms with Crippen LogP contribution in [0.3, 0.4) is 0 Å². The molecule has 1 saturated heterocycles. The minimum Gasteiger partial charge on any atom is -0.395 e. The molecule has 0 spiro atoms. The van der Waals surface area contributed by atoms with Crippen LogP contribution in [0.4, 0.5) is 11.4 Å². The summed E-state index contributed by atoms with van der Waals surface area (Å²) in [6.45, 7) is 3.44. The Kier molecular flexibility index (Phi) is 9.39. The van der Waals surface area contributed by atoms with Crippen LogP contribution in [0.25, 0.3) is 0 Å². The molecular formula is C36H40N6O4. The van der Waals surface area contributed by atoms with E-state index in [0.717, 1.165) is 30.5 Å². The first-order chi connectivity index (χ1) is 22.4. The third kappa shape index (κ3) is 6.37. The molecule has 0 radical (unpaired) electrons. The highest BCUT2D eigenvalue weighted by Gasteiger charge is 2.52. The Morgan fingerprint density at radius 1 is 1.13 bits per heavy atom. The number of para-hydroxylation sites is 1. The smallest absolute Gasteiger partial charge is 0.264 e. The highest BCUT2D eigenvalue weighted by atomic mass is 16.3. The molecule has 4 aromatic rings. The van der Waals surface area contributed by atoms with Gasteiger partial charge in [0.15, 0.2) is 5.60 Å². The van der Waals surface area contributed by atoms with Crippen molar-refractivity contribution in [1.82, 2.24) is 20.3 Å². The van der Waals surface area contributed by atoms with E-state index in [4.69, 9.17) is 0 Å². The van der Waals surface area contributed by atoms with Gasteiger partial charge >= 0.3 is 0 Å². The predicted octanol–water partition coefficient (Wildman–Crippen LogP) is 4.11. The zero-order valence-corrected chi connectivity index (χ0v) is 25.9. The molecule has 46 heavy (non-hydrogen) atoms. The quantitative estimate of drug-likeness (QED) is 0.175. The fourth-order valence-corrected chi connectivity index (χ4v) is 6.41. The number of amides is 2. The second-order valence-corrected chi connectivity index (χ2v) is 12.1. The normalized spacial score (nSPS) is 20.6. The van der Waals surface area contributed by atoms with Gasteiger partial charge < -0.3 is 25.7 Å². The van der Waals surface area contributed by atoms with Crippen LogP contribution in [-0.2, 0) is 28.3 Å². The van der Waals surface area contributed by atoms with Gasteiger partial charge in [-0.25, -0.2) is 0 Å². The second kappa shape index (κ2) is 13.8. The van der Waals surface area contributed by atoms with Gasteiger partial charge in [0.2, 0.25) is 5.91 Å². The minimum atomic E-state index is -1.72. The fraction of sp³-hybridized carbons (Fsp3) is 0.333. The highest BCUT2D eigenvalue weighted by Crippen LogP contribution is 2.45. The molecule has 2 aliphatic heterocycles. The SMILES string of the molecule is C[C@H](/C=C/CCn1cc(C(CO)c2ccccc2)nn1)[C@@]1(O)C(=O)N(Cc2cccc(NC(=O)[C@H]3CCCN3)c2)c2ccccc21. The van der Waals surface area contributed by atoms with Gasteiger partial charge in [0.25, 0.3) is 5.91 Å². The molecule has 1 aromatic heterocycles. The number of aliphatic hydroxyl groups is 2. The number of aryl methyl sites for hydroxylation is 1. The van der Waals surface area contributed by atoms with Crippen molar-refractivity contribution in [2.24, 2.45) is 5.92 Å². The first-order valence-corrected chi connectivity index (χ1v) is 15.9. The summed E-state index contributed by atoms with van der Waals surface area (Å²) in [5.74, 6) is -1.18. The number of nitrogens with one attached hydrogen (secondary N) is 2. The maximum absolute atomic E-state index is 14.0. The van der Waals surface area contributed by atoms with Crippen molar-refractivity contribution in [3.63, 3.8) is 0 Å². The monoisotopic (exact) mass is 620 g/mol. The Morgan fingerprint density at radius 2 is 1.93 bits per heavy atom. The number of hydrogen-bond donors (Lipinski definition) is 4. The van der Waals surface area contributed by atoms with Crippen molar-refractivity contribution in [2.75, 3.05) is 23.4 Å². The molecule has 0 bridgehead atoms. The number of benzene rings is 3. The van der Waals surface area contributed by atoms with Gasteiger partial charge in [-0.3, -0.25) is 14.3 Å². The molecule has 0 aliphatic carbocycles. The summed E-state index contributed by atoms with van der Waals surface area (Å²) in [5, 5.41) is 36.7. The number of anilines is 2. The van der Waals surface area contributed by atoms with Gasteiger partial charge in [-0.2, -0.15) is 0 Å². The maximum atomic E-state index is 14.0. The predicted molar refractivity (Wildman–Crippen MR) is 176 cm³/mol. The summed E-state index contributed by atoms with van der Waals surface area (Å²) >= 11 is 0. The number of allylic oxidation sites excluding steroid dienone is 1. The molecule has 2 aliphatic rings. The molecule has 1 fully saturated rings. The van der Waals surface area contributed by atoms with Crippen LogP contribution in [-0.4, -0.2) is 56.2 Å². The number of aromatic nitrogens is 3. The average molecular weight is 621 g/mol. The topological polar surface area (TPSA) is 133 Å². The van der Waals surface area contributed by atoms with Crippen molar-refractivity contribution >= 4 is 23.2 Å². The number of nitrogens with zero attached hydrogens (tertiary/aromatic N) is 4. The van der Waals surface area contributed by atoms with E-state index >= 15 is 0 Å². The van der Waals surface area contributed by atoms with Gasteiger partial charge in [0.05, 0.1) is 36.5 Å². The summed E-state index contributed by atoms with van der Waals surface area (Å²) in [6.07, 6.45) is 8.09. The molecule has 4 atom stereocenters. The Labute approximate surface area is 268 Å². The van der Waals surface area contributed by atoms with Crippen molar-refractivity contribution < 1.29 is 19.8 Å². The minimum absolute atomic E-state index is 0.0574. The van der Waals surface area contributed by atoms with Crippen LogP contribution >= 0.6 is 0 Å². The second-order valence-electron chi connectivity index (χ2n) is 12.1. The lowest BCUT2D eigenvalue weighted by molar-refractivity contribution is -0.139. The summed E-state index contributed by atoms with van der Waals surface area (Å²) in [5.41, 5.74) is 2.72. The van der Waals surface area contributed by atoms with E-state index in [0.29, 0.717) is 35.6 Å². The third-order valence-corrected chi connectivity index (χ3v) is 9.00. The van der Waals surface area contributed by atoms with E-state index in [2.05, 4.69) is 20.9 Å². The number of aliphatic hydroxyl groups excluding tert-OH is 1. The molecule has 1 unspecified atom stereocenters. The molecule has 3 heterocycles. The summed E-state index contributed by atoms with van der Waals surface area (Å²) in [4.78, 5) is 28.2. The van der Waals surface area contributed by atoms with Crippen LogP contribution in [0, 0.1) is 5.92 Å². The summed E-state index contributed by atoms with van der Waals surface area (Å²) in [6, 6.07) is 24.4. The van der Waals surface area contributed by atoms with Crippen LogP contribution in [0.5, 0.6) is 0 Å². The van der Waals surface area contributed by atoms with E-state index in [-0.39, 0.29) is 36.9 Å². The van der Waals surface area contributed by atoms with Gasteiger partial charge in [-0.05, 0) is 55.1 Å². The summed E-state index contributed by atoms with van der Waals surface area (Å²) in [7, 11) is 0. The van der Waals surface area contributed by atoms with Gasteiger partial charge in [-0.1, -0.05) is 85.0 Å². The highest BCUT2D eigenvalue weighted by molar-refractivity contribution is 6.07. The van der Waals surface area contributed by atoms with E-state index in [1.807, 2.05) is 104 Å². The van der Waals surface area contributed by atoms with Crippen molar-refractivity contribution in [3.05, 3.63) is 120 Å². The van der Waals surface area contributed by atoms with Crippen molar-refractivity contribution in [1.29, 1.82) is 0 Å². The largest absolute Gasteiger partial charge is 0.395 e. The van der Waals surface area contributed by atoms with E-state index in [1.165, 1.54) is 0 Å². The Bertz CT molecular complexity index is 1700. The van der Waals surface area contributed by atoms with Gasteiger partial charge in [0.1, 0.15) is 0 Å². The molecule has 0 saturated carbocycles. The fourth-order valence-electron chi connectivity index (χ4n) is 6.41. The average Bonchev–Trinajstić information content (AvgIpc) is 3.83. The number of carbonyl (C=O) groups excluding carboxylic acids is 2. The van der Waals surface area contributed by atoms with Gasteiger partial charge in [0, 0.05) is 29.9 Å². The molecule has 4 N–H and O–H groups in total. The van der Waals surface area contributed by atoms with Crippen LogP contribution in [0.15, 0.2) is 97.2 Å². The lowest BCUT2D eigenvalue weighted by Crippen LogP contribution is -2.44. The molecular weight excluding hydrogens is 580 g/mol. The lowest BCUT2D eigenvalue weighted by Gasteiger charge is -2.27. The molecule has 2 amide bonds. The molecule has 6 rings (SSSR count). The number of fused-ring (bicyclic) bond motifs is 1. The van der Waals surface area contributed by atoms with Gasteiger partial charge in [-0.15, -0.1) is 5.10 Å².